The summed E-state index contributed by atoms with van der Waals surface area (Å²) in [6.07, 6.45) is -1.61. The van der Waals surface area contributed by atoms with Gasteiger partial charge in [-0.3, -0.25) is 4.79 Å². The van der Waals surface area contributed by atoms with E-state index in [0.717, 1.165) is 31.4 Å². The summed E-state index contributed by atoms with van der Waals surface area (Å²) in [6.45, 7) is 0. The van der Waals surface area contributed by atoms with Crippen LogP contribution in [-0.4, -0.2) is 11.9 Å². The van der Waals surface area contributed by atoms with Crippen molar-refractivity contribution < 1.29 is 18.0 Å². The predicted molar refractivity (Wildman–Crippen MR) is 64.2 cm³/mol. The van der Waals surface area contributed by atoms with Crippen molar-refractivity contribution in [2.75, 3.05) is 0 Å². The monoisotopic (exact) mass is 321 g/mol. The molecule has 6 heteroatoms. The number of hydrogen-bond acceptors (Lipinski definition) is 1. The molecule has 2 nitrogen and oxygen atoms in total. The molecule has 0 aromatic heterocycles. The van der Waals surface area contributed by atoms with Crippen molar-refractivity contribution in [3.05, 3.63) is 33.8 Å². The molecule has 1 N–H and O–H groups in total. The molecule has 2 rings (SSSR count). The maximum atomic E-state index is 12.6. The summed E-state index contributed by atoms with van der Waals surface area (Å²) in [5.74, 6) is -0.460. The normalized spacial score (nSPS) is 16.2. The van der Waals surface area contributed by atoms with Gasteiger partial charge in [0.05, 0.1) is 11.1 Å². The average molecular weight is 322 g/mol. The lowest BCUT2D eigenvalue weighted by atomic mass is 9.93. The highest BCUT2D eigenvalue weighted by atomic mass is 79.9. The molecule has 98 valence electrons. The van der Waals surface area contributed by atoms with Crippen LogP contribution in [0.4, 0.5) is 13.2 Å². The number of hydrogen-bond donors (Lipinski definition) is 1. The molecular formula is C12H11BrF3NO. The molecule has 0 atom stereocenters. The largest absolute Gasteiger partial charge is 0.416 e. The zero-order chi connectivity index (χ0) is 13.3. The first kappa shape index (κ1) is 13.4. The lowest BCUT2D eigenvalue weighted by Crippen LogP contribution is -2.39. The summed E-state index contributed by atoms with van der Waals surface area (Å²) in [6, 6.07) is 3.17. The highest BCUT2D eigenvalue weighted by Crippen LogP contribution is 2.32. The molecular weight excluding hydrogens is 311 g/mol. The van der Waals surface area contributed by atoms with Gasteiger partial charge in [0, 0.05) is 10.5 Å². The third-order valence-electron chi connectivity index (χ3n) is 2.98. The van der Waals surface area contributed by atoms with Crippen molar-refractivity contribution in [2.45, 2.75) is 31.5 Å². The van der Waals surface area contributed by atoms with Gasteiger partial charge in [0.2, 0.25) is 0 Å². The average Bonchev–Trinajstić information content (AvgIpc) is 2.22. The van der Waals surface area contributed by atoms with Gasteiger partial charge in [-0.15, -0.1) is 0 Å². The van der Waals surface area contributed by atoms with Crippen LogP contribution in [0.5, 0.6) is 0 Å². The van der Waals surface area contributed by atoms with Gasteiger partial charge in [-0.1, -0.05) is 0 Å². The molecule has 0 radical (unpaired) electrons. The van der Waals surface area contributed by atoms with E-state index in [1.165, 1.54) is 6.07 Å². The number of halogens is 4. The van der Waals surface area contributed by atoms with Crippen LogP contribution in [0.1, 0.15) is 35.2 Å². The van der Waals surface area contributed by atoms with Gasteiger partial charge in [0.25, 0.3) is 5.91 Å². The summed E-state index contributed by atoms with van der Waals surface area (Å²) in [5, 5.41) is 2.72. The maximum Gasteiger partial charge on any atom is 0.416 e. The number of alkyl halides is 3. The quantitative estimate of drug-likeness (QED) is 0.883. The molecule has 1 aromatic rings. The topological polar surface area (TPSA) is 29.1 Å². The summed E-state index contributed by atoms with van der Waals surface area (Å²) in [5.41, 5.74) is -0.791. The molecule has 1 aromatic carbocycles. The Bertz CT molecular complexity index is 469. The minimum absolute atomic E-state index is 0.0247. The van der Waals surface area contributed by atoms with Gasteiger partial charge < -0.3 is 5.32 Å². The van der Waals surface area contributed by atoms with Gasteiger partial charge >= 0.3 is 6.18 Å². The molecule has 1 aliphatic carbocycles. The van der Waals surface area contributed by atoms with Gasteiger partial charge in [-0.2, -0.15) is 13.2 Å². The van der Waals surface area contributed by atoms with Crippen LogP contribution >= 0.6 is 15.9 Å². The Labute approximate surface area is 111 Å². The number of nitrogens with one attached hydrogen (secondary N) is 1. The van der Waals surface area contributed by atoms with Crippen LogP contribution in [0.2, 0.25) is 0 Å². The van der Waals surface area contributed by atoms with Crippen LogP contribution in [-0.2, 0) is 6.18 Å². The Balaban J connectivity index is 2.22. The Morgan fingerprint density at radius 2 is 2.00 bits per heavy atom. The second kappa shape index (κ2) is 4.91. The smallest absolute Gasteiger partial charge is 0.349 e. The van der Waals surface area contributed by atoms with E-state index in [1.807, 2.05) is 0 Å². The molecule has 0 aliphatic heterocycles. The maximum absolute atomic E-state index is 12.6. The molecule has 0 bridgehead atoms. The molecule has 1 aliphatic rings. The zero-order valence-electron chi connectivity index (χ0n) is 9.35. The minimum atomic E-state index is -4.44. The molecule has 0 saturated heterocycles. The summed E-state index contributed by atoms with van der Waals surface area (Å²) >= 11 is 3.10. The molecule has 18 heavy (non-hydrogen) atoms. The van der Waals surface area contributed by atoms with Crippen molar-refractivity contribution in [3.63, 3.8) is 0 Å². The lowest BCUT2D eigenvalue weighted by molar-refractivity contribution is -0.137. The lowest BCUT2D eigenvalue weighted by Gasteiger charge is -2.26. The molecule has 0 heterocycles. The third kappa shape index (κ3) is 2.85. The van der Waals surface area contributed by atoms with Crippen molar-refractivity contribution >= 4 is 21.8 Å². The van der Waals surface area contributed by atoms with Crippen LogP contribution < -0.4 is 5.32 Å². The second-order valence-electron chi connectivity index (χ2n) is 4.29. The Morgan fingerprint density at radius 3 is 2.50 bits per heavy atom. The first-order valence-electron chi connectivity index (χ1n) is 5.55. The van der Waals surface area contributed by atoms with E-state index in [-0.39, 0.29) is 11.6 Å². The number of benzene rings is 1. The summed E-state index contributed by atoms with van der Waals surface area (Å²) in [7, 11) is 0. The van der Waals surface area contributed by atoms with E-state index in [0.29, 0.717) is 4.47 Å². The number of amides is 1. The van der Waals surface area contributed by atoms with E-state index in [2.05, 4.69) is 21.2 Å². The van der Waals surface area contributed by atoms with Crippen LogP contribution in [0.3, 0.4) is 0 Å². The summed E-state index contributed by atoms with van der Waals surface area (Å²) in [4.78, 5) is 11.8. The SMILES string of the molecule is O=C(NC1CCC1)c1cc(C(F)(F)F)ccc1Br. The van der Waals surface area contributed by atoms with E-state index in [4.69, 9.17) is 0 Å². The first-order chi connectivity index (χ1) is 8.38. The second-order valence-corrected chi connectivity index (χ2v) is 5.15. The van der Waals surface area contributed by atoms with Crippen LogP contribution in [0, 0.1) is 0 Å². The highest BCUT2D eigenvalue weighted by Gasteiger charge is 2.32. The van der Waals surface area contributed by atoms with Crippen molar-refractivity contribution in [1.29, 1.82) is 0 Å². The van der Waals surface area contributed by atoms with Gasteiger partial charge in [-0.05, 0) is 53.4 Å². The van der Waals surface area contributed by atoms with Crippen LogP contribution in [0.25, 0.3) is 0 Å². The minimum Gasteiger partial charge on any atom is -0.349 e. The van der Waals surface area contributed by atoms with Crippen molar-refractivity contribution in [3.8, 4) is 0 Å². The van der Waals surface area contributed by atoms with Crippen molar-refractivity contribution in [2.24, 2.45) is 0 Å². The van der Waals surface area contributed by atoms with E-state index in [9.17, 15) is 18.0 Å². The first-order valence-corrected chi connectivity index (χ1v) is 6.35. The molecule has 0 spiro atoms. The number of carbonyl (C=O) groups excluding carboxylic acids is 1. The van der Waals surface area contributed by atoms with E-state index >= 15 is 0 Å². The number of rotatable bonds is 2. The number of carbonyl (C=O) groups is 1. The summed E-state index contributed by atoms with van der Waals surface area (Å²) < 4.78 is 38.0. The molecule has 1 fully saturated rings. The third-order valence-corrected chi connectivity index (χ3v) is 3.67. The predicted octanol–water partition coefficient (Wildman–Crippen LogP) is 3.75. The van der Waals surface area contributed by atoms with E-state index in [1.54, 1.807) is 0 Å². The standard InChI is InChI=1S/C12H11BrF3NO/c13-10-5-4-7(12(14,15)16)6-9(10)11(18)17-8-2-1-3-8/h4-6,8H,1-3H2,(H,17,18). The van der Waals surface area contributed by atoms with Crippen LogP contribution in [0.15, 0.2) is 22.7 Å². The molecule has 0 unspecified atom stereocenters. The van der Waals surface area contributed by atoms with Crippen molar-refractivity contribution in [1.82, 2.24) is 5.32 Å². The van der Waals surface area contributed by atoms with E-state index < -0.39 is 17.6 Å². The van der Waals surface area contributed by atoms with Gasteiger partial charge in [-0.25, -0.2) is 0 Å². The Morgan fingerprint density at radius 1 is 1.33 bits per heavy atom. The fourth-order valence-electron chi connectivity index (χ4n) is 1.69. The zero-order valence-corrected chi connectivity index (χ0v) is 10.9. The fraction of sp³-hybridized carbons (Fsp3) is 0.417. The highest BCUT2D eigenvalue weighted by molar-refractivity contribution is 9.10. The van der Waals surface area contributed by atoms with Gasteiger partial charge in [0.15, 0.2) is 0 Å². The Kier molecular flexibility index (Phi) is 3.66. The molecule has 1 saturated carbocycles. The van der Waals surface area contributed by atoms with Gasteiger partial charge in [0.1, 0.15) is 0 Å². The Hall–Kier alpha value is -1.04. The fourth-order valence-corrected chi connectivity index (χ4v) is 2.12. The molecule has 1 amide bonds.